The van der Waals surface area contributed by atoms with Crippen LogP contribution in [0, 0.1) is 0 Å². The molecule has 0 aliphatic heterocycles. The van der Waals surface area contributed by atoms with E-state index in [1.807, 2.05) is 0 Å². The van der Waals surface area contributed by atoms with Crippen molar-refractivity contribution in [1.29, 1.82) is 0 Å². The van der Waals surface area contributed by atoms with Gasteiger partial charge >= 0.3 is 5.97 Å². The largest absolute Gasteiger partial charge is 0.497 e. The Labute approximate surface area is 169 Å². The molecule has 0 amide bonds. The molecular weight excluding hydrogens is 396 g/mol. The van der Waals surface area contributed by atoms with Crippen LogP contribution in [0.4, 0.5) is 0 Å². The summed E-state index contributed by atoms with van der Waals surface area (Å²) < 4.78 is 45.3. The van der Waals surface area contributed by atoms with Crippen LogP contribution in [-0.2, 0) is 15.4 Å². The fraction of sp³-hybridized carbons (Fsp3) is 0.190. The number of carbonyl (C=O) groups excluding carboxylic acids is 1. The van der Waals surface area contributed by atoms with Gasteiger partial charge in [-0.2, -0.15) is 0 Å². The van der Waals surface area contributed by atoms with Crippen LogP contribution in [0.25, 0.3) is 11.1 Å². The van der Waals surface area contributed by atoms with Gasteiger partial charge in [-0.05, 0) is 29.3 Å². The lowest BCUT2D eigenvalue weighted by Crippen LogP contribution is -2.14. The molecule has 0 radical (unpaired) electrons. The van der Waals surface area contributed by atoms with Crippen molar-refractivity contribution in [3.8, 4) is 22.6 Å². The van der Waals surface area contributed by atoms with Gasteiger partial charge in [0.1, 0.15) is 22.3 Å². The summed E-state index contributed by atoms with van der Waals surface area (Å²) in [7, 11) is 1.14. The van der Waals surface area contributed by atoms with Crippen LogP contribution in [0.1, 0.15) is 26.7 Å². The fourth-order valence-electron chi connectivity index (χ4n) is 3.22. The molecule has 2 aromatic carbocycles. The van der Waals surface area contributed by atoms with Gasteiger partial charge < -0.3 is 18.6 Å². The van der Waals surface area contributed by atoms with Crippen LogP contribution < -0.4 is 9.47 Å². The third kappa shape index (κ3) is 3.97. The van der Waals surface area contributed by atoms with Crippen LogP contribution in [0.3, 0.4) is 0 Å². The maximum absolute atomic E-state index is 12.7. The van der Waals surface area contributed by atoms with Crippen molar-refractivity contribution >= 4 is 16.7 Å². The number of carbonyl (C=O) groups is 1. The van der Waals surface area contributed by atoms with Crippen molar-refractivity contribution in [3.05, 3.63) is 71.7 Å². The highest BCUT2D eigenvalue weighted by molar-refractivity contribution is 7.73. The molecule has 1 atom stereocenters. The van der Waals surface area contributed by atoms with E-state index in [4.69, 9.17) is 18.6 Å². The Hall–Kier alpha value is -3.26. The number of hydrogen-bond donors (Lipinski definition) is 1. The average molecular weight is 416 g/mol. The number of thiol groups is 1. The van der Waals surface area contributed by atoms with E-state index in [9.17, 15) is 13.2 Å². The molecule has 1 aromatic heterocycles. The third-order valence-corrected chi connectivity index (χ3v) is 5.53. The Morgan fingerprint density at radius 1 is 1.03 bits per heavy atom. The molecule has 1 unspecified atom stereocenters. The highest BCUT2D eigenvalue weighted by Crippen LogP contribution is 2.40. The third-order valence-electron chi connectivity index (χ3n) is 4.53. The summed E-state index contributed by atoms with van der Waals surface area (Å²) in [6.45, 7) is 0. The number of furan rings is 1. The number of hydrogen-bond acceptors (Lipinski definition) is 7. The van der Waals surface area contributed by atoms with E-state index in [0.29, 0.717) is 22.4 Å². The molecule has 7 nitrogen and oxygen atoms in total. The topological polar surface area (TPSA) is 92.0 Å². The fourth-order valence-corrected chi connectivity index (χ4v) is 4.07. The first kappa shape index (κ1) is 20.5. The number of benzene rings is 2. The lowest BCUT2D eigenvalue weighted by Gasteiger charge is -2.20. The van der Waals surface area contributed by atoms with Crippen molar-refractivity contribution in [2.24, 2.45) is 0 Å². The number of rotatable bonds is 7. The number of esters is 1. The SMILES string of the molecule is COC(=O)c1c(C(c2cccc(OC)c2)[SH](=O)=O)ccc(-c2ccoc2)c1OC. The Bertz CT molecular complexity index is 1080. The van der Waals surface area contributed by atoms with Crippen molar-refractivity contribution in [2.75, 3.05) is 21.3 Å². The predicted molar refractivity (Wildman–Crippen MR) is 107 cm³/mol. The molecule has 0 saturated heterocycles. The first-order chi connectivity index (χ1) is 14.0. The lowest BCUT2D eigenvalue weighted by molar-refractivity contribution is 0.0596. The zero-order chi connectivity index (χ0) is 21.0. The molecule has 0 N–H and O–H groups in total. The van der Waals surface area contributed by atoms with Crippen LogP contribution >= 0.6 is 0 Å². The molecule has 3 rings (SSSR count). The molecule has 0 aliphatic rings. The highest BCUT2D eigenvalue weighted by Gasteiger charge is 2.29. The van der Waals surface area contributed by atoms with E-state index in [-0.39, 0.29) is 16.9 Å². The molecule has 0 spiro atoms. The van der Waals surface area contributed by atoms with E-state index in [0.717, 1.165) is 0 Å². The van der Waals surface area contributed by atoms with Crippen molar-refractivity contribution in [3.63, 3.8) is 0 Å². The van der Waals surface area contributed by atoms with Gasteiger partial charge in [-0.15, -0.1) is 0 Å². The Balaban J connectivity index is 2.30. The second-order valence-electron chi connectivity index (χ2n) is 6.08. The first-order valence-electron chi connectivity index (χ1n) is 8.61. The normalized spacial score (nSPS) is 11.9. The molecular formula is C21H20O7S. The van der Waals surface area contributed by atoms with Gasteiger partial charge in [0.15, 0.2) is 10.7 Å². The molecule has 0 aliphatic carbocycles. The molecule has 0 bridgehead atoms. The van der Waals surface area contributed by atoms with E-state index in [1.54, 1.807) is 42.5 Å². The lowest BCUT2D eigenvalue weighted by atomic mass is 9.94. The van der Waals surface area contributed by atoms with E-state index in [1.165, 1.54) is 33.9 Å². The summed E-state index contributed by atoms with van der Waals surface area (Å²) in [5.74, 6) is 0.0124. The second-order valence-corrected chi connectivity index (χ2v) is 7.17. The summed E-state index contributed by atoms with van der Waals surface area (Å²) in [5.41, 5.74) is 2.02. The Kier molecular flexibility index (Phi) is 6.23. The minimum Gasteiger partial charge on any atom is -0.497 e. The maximum Gasteiger partial charge on any atom is 0.342 e. The quantitative estimate of drug-likeness (QED) is 0.466. The van der Waals surface area contributed by atoms with E-state index < -0.39 is 21.9 Å². The van der Waals surface area contributed by atoms with Crippen molar-refractivity contribution in [2.45, 2.75) is 5.25 Å². The minimum absolute atomic E-state index is 0.0423. The minimum atomic E-state index is -2.99. The molecule has 1 heterocycles. The predicted octanol–water partition coefficient (Wildman–Crippen LogP) is 3.45. The van der Waals surface area contributed by atoms with Crippen LogP contribution in [0.15, 0.2) is 59.4 Å². The smallest absolute Gasteiger partial charge is 0.342 e. The van der Waals surface area contributed by atoms with Gasteiger partial charge in [-0.1, -0.05) is 24.3 Å². The summed E-state index contributed by atoms with van der Waals surface area (Å²) >= 11 is 0. The second kappa shape index (κ2) is 8.83. The Morgan fingerprint density at radius 2 is 1.83 bits per heavy atom. The van der Waals surface area contributed by atoms with Gasteiger partial charge in [0, 0.05) is 11.1 Å². The van der Waals surface area contributed by atoms with Crippen molar-refractivity contribution < 1.29 is 31.8 Å². The zero-order valence-corrected chi connectivity index (χ0v) is 17.0. The van der Waals surface area contributed by atoms with Gasteiger partial charge in [0.2, 0.25) is 0 Å². The summed E-state index contributed by atoms with van der Waals surface area (Å²) in [6, 6.07) is 11.7. The summed E-state index contributed by atoms with van der Waals surface area (Å²) in [5, 5.41) is -1.10. The number of methoxy groups -OCH3 is 3. The van der Waals surface area contributed by atoms with Gasteiger partial charge in [0.05, 0.1) is 33.9 Å². The molecule has 0 fully saturated rings. The molecule has 3 aromatic rings. The molecule has 29 heavy (non-hydrogen) atoms. The summed E-state index contributed by atoms with van der Waals surface area (Å²) in [6.07, 6.45) is 3.00. The summed E-state index contributed by atoms with van der Waals surface area (Å²) in [4.78, 5) is 12.7. The zero-order valence-electron chi connectivity index (χ0n) is 16.1. The van der Waals surface area contributed by atoms with Crippen LogP contribution in [-0.4, -0.2) is 35.7 Å². The molecule has 0 saturated carbocycles. The molecule has 8 heteroatoms. The van der Waals surface area contributed by atoms with E-state index >= 15 is 0 Å². The van der Waals surface area contributed by atoms with Gasteiger partial charge in [-0.25, -0.2) is 13.2 Å². The maximum atomic E-state index is 12.7. The van der Waals surface area contributed by atoms with E-state index in [2.05, 4.69) is 0 Å². The van der Waals surface area contributed by atoms with Gasteiger partial charge in [0.25, 0.3) is 0 Å². The molecule has 152 valence electrons. The highest BCUT2D eigenvalue weighted by atomic mass is 32.2. The van der Waals surface area contributed by atoms with Crippen molar-refractivity contribution in [1.82, 2.24) is 0 Å². The first-order valence-corrected chi connectivity index (χ1v) is 9.85. The van der Waals surface area contributed by atoms with Crippen LogP contribution in [0.2, 0.25) is 0 Å². The number of ether oxygens (including phenoxy) is 3. The van der Waals surface area contributed by atoms with Crippen LogP contribution in [0.5, 0.6) is 11.5 Å². The monoisotopic (exact) mass is 416 g/mol. The average Bonchev–Trinajstić information content (AvgIpc) is 3.27. The standard InChI is InChI=1S/C21H20O7S/c1-25-15-6-4-5-13(11-15)20(29(23)24)17-8-7-16(14-9-10-28-12-14)19(26-2)18(17)21(22)27-3/h4-12,20,29H,1-3H3. The van der Waals surface area contributed by atoms with Gasteiger partial charge in [-0.3, -0.25) is 0 Å². The Morgan fingerprint density at radius 3 is 2.41 bits per heavy atom.